The molecule has 1 fully saturated rings. The van der Waals surface area contributed by atoms with Crippen molar-refractivity contribution in [2.75, 3.05) is 12.8 Å². The van der Waals surface area contributed by atoms with E-state index in [0.717, 1.165) is 30.4 Å². The second kappa shape index (κ2) is 4.31. The van der Waals surface area contributed by atoms with Crippen LogP contribution in [0.15, 0.2) is 5.16 Å². The molecule has 1 aromatic rings. The van der Waals surface area contributed by atoms with Gasteiger partial charge >= 0.3 is 0 Å². The van der Waals surface area contributed by atoms with E-state index >= 15 is 0 Å². The fraction of sp³-hybridized carbons (Fsp3) is 0.778. The van der Waals surface area contributed by atoms with Crippen LogP contribution in [0, 0.1) is 0 Å². The van der Waals surface area contributed by atoms with Crippen molar-refractivity contribution in [2.24, 2.45) is 5.73 Å². The summed E-state index contributed by atoms with van der Waals surface area (Å²) in [6.07, 6.45) is 6.57. The summed E-state index contributed by atoms with van der Waals surface area (Å²) in [4.78, 5) is 0. The molecule has 1 saturated carbocycles. The van der Waals surface area contributed by atoms with E-state index < -0.39 is 0 Å². The highest BCUT2D eigenvalue weighted by atomic mass is 32.2. The van der Waals surface area contributed by atoms with Gasteiger partial charge in [-0.3, -0.25) is 0 Å². The predicted molar refractivity (Wildman–Crippen MR) is 57.4 cm³/mol. The number of hydrogen-bond acceptors (Lipinski definition) is 4. The molecular formula is C9H16N4S. The highest BCUT2D eigenvalue weighted by Gasteiger charge is 2.28. The normalized spacial score (nSPS) is 16.1. The van der Waals surface area contributed by atoms with Crippen LogP contribution in [0.5, 0.6) is 0 Å². The van der Waals surface area contributed by atoms with Crippen LogP contribution in [0.1, 0.15) is 31.1 Å². The lowest BCUT2D eigenvalue weighted by atomic mass is 10.3. The third-order valence-corrected chi connectivity index (χ3v) is 3.08. The number of thioether (sulfide) groups is 1. The fourth-order valence-electron chi connectivity index (χ4n) is 1.58. The zero-order valence-electron chi connectivity index (χ0n) is 8.44. The van der Waals surface area contributed by atoms with Gasteiger partial charge in [-0.2, -0.15) is 0 Å². The summed E-state index contributed by atoms with van der Waals surface area (Å²) in [6.45, 7) is 0.728. The molecule has 0 unspecified atom stereocenters. The van der Waals surface area contributed by atoms with E-state index in [1.54, 1.807) is 11.8 Å². The SMILES string of the molecule is CSc1nnc(CCCN)n1C1CC1. The van der Waals surface area contributed by atoms with Crippen molar-refractivity contribution in [3.8, 4) is 0 Å². The molecule has 0 saturated heterocycles. The molecule has 0 aromatic carbocycles. The summed E-state index contributed by atoms with van der Waals surface area (Å²) in [5.41, 5.74) is 5.49. The summed E-state index contributed by atoms with van der Waals surface area (Å²) in [7, 11) is 0. The Balaban J connectivity index is 2.16. The van der Waals surface area contributed by atoms with Gasteiger partial charge < -0.3 is 10.3 Å². The van der Waals surface area contributed by atoms with Gasteiger partial charge in [0.2, 0.25) is 0 Å². The molecule has 14 heavy (non-hydrogen) atoms. The molecule has 0 aliphatic heterocycles. The molecule has 2 N–H and O–H groups in total. The molecule has 78 valence electrons. The van der Waals surface area contributed by atoms with Gasteiger partial charge in [-0.15, -0.1) is 10.2 Å². The maximum Gasteiger partial charge on any atom is 0.191 e. The van der Waals surface area contributed by atoms with Crippen LogP contribution < -0.4 is 5.73 Å². The van der Waals surface area contributed by atoms with Crippen LogP contribution in [0.25, 0.3) is 0 Å². The average Bonchev–Trinajstić information content (AvgIpc) is 2.96. The lowest BCUT2D eigenvalue weighted by Crippen LogP contribution is -2.06. The van der Waals surface area contributed by atoms with E-state index in [0.29, 0.717) is 6.04 Å². The third-order valence-electron chi connectivity index (χ3n) is 2.43. The van der Waals surface area contributed by atoms with Crippen molar-refractivity contribution in [3.05, 3.63) is 5.82 Å². The molecule has 0 atom stereocenters. The summed E-state index contributed by atoms with van der Waals surface area (Å²) in [5, 5.41) is 9.46. The minimum absolute atomic E-state index is 0.667. The number of nitrogens with two attached hydrogens (primary N) is 1. The summed E-state index contributed by atoms with van der Waals surface area (Å²) < 4.78 is 2.29. The number of nitrogens with zero attached hydrogens (tertiary/aromatic N) is 3. The van der Waals surface area contributed by atoms with E-state index in [1.807, 2.05) is 0 Å². The Morgan fingerprint density at radius 1 is 1.50 bits per heavy atom. The minimum Gasteiger partial charge on any atom is -0.330 e. The van der Waals surface area contributed by atoms with Crippen molar-refractivity contribution >= 4 is 11.8 Å². The first kappa shape index (κ1) is 9.98. The summed E-state index contributed by atoms with van der Waals surface area (Å²) in [6, 6.07) is 0.667. The van der Waals surface area contributed by atoms with Gasteiger partial charge in [0.15, 0.2) is 5.16 Å². The lowest BCUT2D eigenvalue weighted by molar-refractivity contribution is 0.614. The molecular weight excluding hydrogens is 196 g/mol. The highest BCUT2D eigenvalue weighted by molar-refractivity contribution is 7.98. The molecule has 0 radical (unpaired) electrons. The van der Waals surface area contributed by atoms with E-state index in [4.69, 9.17) is 5.73 Å². The first-order valence-electron chi connectivity index (χ1n) is 5.04. The molecule has 0 spiro atoms. The van der Waals surface area contributed by atoms with Crippen molar-refractivity contribution < 1.29 is 0 Å². The number of hydrogen-bond donors (Lipinski definition) is 1. The highest BCUT2D eigenvalue weighted by Crippen LogP contribution is 2.38. The topological polar surface area (TPSA) is 56.7 Å². The van der Waals surface area contributed by atoms with Crippen molar-refractivity contribution in [1.82, 2.24) is 14.8 Å². The van der Waals surface area contributed by atoms with Crippen molar-refractivity contribution in [1.29, 1.82) is 0 Å². The Kier molecular flexibility index (Phi) is 3.08. The van der Waals surface area contributed by atoms with Crippen LogP contribution in [0.2, 0.25) is 0 Å². The van der Waals surface area contributed by atoms with E-state index in [9.17, 15) is 0 Å². The van der Waals surface area contributed by atoms with Crippen LogP contribution in [0.4, 0.5) is 0 Å². The number of rotatable bonds is 5. The van der Waals surface area contributed by atoms with Gasteiger partial charge in [-0.1, -0.05) is 11.8 Å². The van der Waals surface area contributed by atoms with Gasteiger partial charge in [0, 0.05) is 12.5 Å². The molecule has 4 nitrogen and oxygen atoms in total. The molecule has 1 aliphatic rings. The van der Waals surface area contributed by atoms with Crippen LogP contribution >= 0.6 is 11.8 Å². The molecule has 2 rings (SSSR count). The quantitative estimate of drug-likeness (QED) is 0.746. The number of aryl methyl sites for hydroxylation is 1. The van der Waals surface area contributed by atoms with E-state index in [1.165, 1.54) is 12.8 Å². The van der Waals surface area contributed by atoms with Gasteiger partial charge in [0.25, 0.3) is 0 Å². The molecule has 0 bridgehead atoms. The smallest absolute Gasteiger partial charge is 0.191 e. The van der Waals surface area contributed by atoms with Gasteiger partial charge in [0.1, 0.15) is 5.82 Å². The average molecular weight is 212 g/mol. The van der Waals surface area contributed by atoms with E-state index in [-0.39, 0.29) is 0 Å². The van der Waals surface area contributed by atoms with Crippen LogP contribution in [-0.2, 0) is 6.42 Å². The standard InChI is InChI=1S/C9H16N4S/c1-14-9-12-11-8(3-2-6-10)13(9)7-4-5-7/h7H,2-6,10H2,1H3. The zero-order chi connectivity index (χ0) is 9.97. The Labute approximate surface area is 88.3 Å². The summed E-state index contributed by atoms with van der Waals surface area (Å²) >= 11 is 1.68. The maximum absolute atomic E-state index is 5.49. The van der Waals surface area contributed by atoms with Gasteiger partial charge in [0.05, 0.1) is 0 Å². The molecule has 1 aromatic heterocycles. The zero-order valence-corrected chi connectivity index (χ0v) is 9.26. The van der Waals surface area contributed by atoms with Gasteiger partial charge in [-0.25, -0.2) is 0 Å². The van der Waals surface area contributed by atoms with Crippen LogP contribution in [0.3, 0.4) is 0 Å². The van der Waals surface area contributed by atoms with Crippen LogP contribution in [-0.4, -0.2) is 27.6 Å². The fourth-order valence-corrected chi connectivity index (χ4v) is 2.15. The van der Waals surface area contributed by atoms with Gasteiger partial charge in [-0.05, 0) is 32.1 Å². The minimum atomic E-state index is 0.667. The first-order valence-corrected chi connectivity index (χ1v) is 6.27. The third kappa shape index (κ3) is 1.93. The first-order chi connectivity index (χ1) is 6.86. The Bertz CT molecular complexity index is 306. The largest absolute Gasteiger partial charge is 0.330 e. The second-order valence-corrected chi connectivity index (χ2v) is 4.37. The Morgan fingerprint density at radius 3 is 2.86 bits per heavy atom. The molecule has 1 heterocycles. The molecule has 1 aliphatic carbocycles. The van der Waals surface area contributed by atoms with E-state index in [2.05, 4.69) is 21.0 Å². The van der Waals surface area contributed by atoms with Crippen molar-refractivity contribution in [2.45, 2.75) is 36.9 Å². The monoisotopic (exact) mass is 212 g/mol. The molecule has 5 heteroatoms. The Morgan fingerprint density at radius 2 is 2.29 bits per heavy atom. The lowest BCUT2D eigenvalue weighted by Gasteiger charge is -2.06. The van der Waals surface area contributed by atoms with Crippen molar-refractivity contribution in [3.63, 3.8) is 0 Å². The maximum atomic E-state index is 5.49. The Hall–Kier alpha value is -0.550. The second-order valence-electron chi connectivity index (χ2n) is 3.60. The molecule has 0 amide bonds. The number of aromatic nitrogens is 3. The predicted octanol–water partition coefficient (Wildman–Crippen LogP) is 1.23. The summed E-state index contributed by atoms with van der Waals surface area (Å²) in [5.74, 6) is 1.11.